The molecule has 3 aromatic carbocycles. The topological polar surface area (TPSA) is 56.1 Å². The van der Waals surface area contributed by atoms with Crippen molar-refractivity contribution >= 4 is 22.9 Å². The van der Waals surface area contributed by atoms with Crippen LogP contribution in [0.4, 0.5) is 10.3 Å². The lowest BCUT2D eigenvalue weighted by Gasteiger charge is -2.12. The number of hydrogen-bond acceptors (Lipinski definition) is 3. The SMILES string of the molecule is Cc1ccccc1OCCn1c(NC(=O)c2ccccc2F)nc2ccccc21. The van der Waals surface area contributed by atoms with Crippen molar-refractivity contribution in [3.8, 4) is 5.75 Å². The van der Waals surface area contributed by atoms with Gasteiger partial charge in [-0.3, -0.25) is 10.1 Å². The normalized spacial score (nSPS) is 10.8. The summed E-state index contributed by atoms with van der Waals surface area (Å²) in [4.78, 5) is 17.1. The highest BCUT2D eigenvalue weighted by atomic mass is 19.1. The van der Waals surface area contributed by atoms with Crippen molar-refractivity contribution in [2.45, 2.75) is 13.5 Å². The van der Waals surface area contributed by atoms with Crippen LogP contribution in [0.2, 0.25) is 0 Å². The Bertz CT molecular complexity index is 1170. The number of amides is 1. The zero-order valence-electron chi connectivity index (χ0n) is 15.9. The lowest BCUT2D eigenvalue weighted by molar-refractivity contribution is 0.102. The molecular weight excluding hydrogens is 369 g/mol. The number of ether oxygens (including phenoxy) is 1. The van der Waals surface area contributed by atoms with Crippen LogP contribution in [-0.2, 0) is 6.54 Å². The maximum Gasteiger partial charge on any atom is 0.260 e. The van der Waals surface area contributed by atoms with Crippen LogP contribution in [0.15, 0.2) is 72.8 Å². The number of aryl methyl sites for hydroxylation is 1. The summed E-state index contributed by atoms with van der Waals surface area (Å²) >= 11 is 0. The third-order valence-corrected chi connectivity index (χ3v) is 4.66. The van der Waals surface area contributed by atoms with Gasteiger partial charge in [-0.15, -0.1) is 0 Å². The van der Waals surface area contributed by atoms with Crippen molar-refractivity contribution in [2.75, 3.05) is 11.9 Å². The lowest BCUT2D eigenvalue weighted by Crippen LogP contribution is -2.19. The van der Waals surface area contributed by atoms with E-state index in [0.29, 0.717) is 19.1 Å². The van der Waals surface area contributed by atoms with E-state index < -0.39 is 11.7 Å². The largest absolute Gasteiger partial charge is 0.491 e. The molecular formula is C23H20FN3O2. The Morgan fingerprint density at radius 3 is 2.59 bits per heavy atom. The van der Waals surface area contributed by atoms with Gasteiger partial charge in [0.2, 0.25) is 5.95 Å². The van der Waals surface area contributed by atoms with E-state index in [2.05, 4.69) is 10.3 Å². The molecule has 1 aromatic heterocycles. The number of imidazole rings is 1. The number of fused-ring (bicyclic) bond motifs is 1. The van der Waals surface area contributed by atoms with E-state index in [1.807, 2.05) is 60.0 Å². The van der Waals surface area contributed by atoms with Crippen molar-refractivity contribution in [1.82, 2.24) is 9.55 Å². The second-order valence-corrected chi connectivity index (χ2v) is 6.62. The smallest absolute Gasteiger partial charge is 0.260 e. The third kappa shape index (κ3) is 3.96. The van der Waals surface area contributed by atoms with Gasteiger partial charge in [-0.1, -0.05) is 42.5 Å². The van der Waals surface area contributed by atoms with Crippen LogP contribution in [0, 0.1) is 12.7 Å². The number of halogens is 1. The molecule has 0 fully saturated rings. The fraction of sp³-hybridized carbons (Fsp3) is 0.130. The van der Waals surface area contributed by atoms with Crippen molar-refractivity contribution in [2.24, 2.45) is 0 Å². The number of anilines is 1. The van der Waals surface area contributed by atoms with E-state index >= 15 is 0 Å². The van der Waals surface area contributed by atoms with Crippen molar-refractivity contribution in [3.63, 3.8) is 0 Å². The molecule has 0 aliphatic heterocycles. The molecule has 5 nitrogen and oxygen atoms in total. The molecule has 29 heavy (non-hydrogen) atoms. The Balaban J connectivity index is 1.58. The average molecular weight is 389 g/mol. The molecule has 0 aliphatic rings. The number of carbonyl (C=O) groups excluding carboxylic acids is 1. The predicted octanol–water partition coefficient (Wildman–Crippen LogP) is 4.82. The number of rotatable bonds is 6. The van der Waals surface area contributed by atoms with Crippen LogP contribution < -0.4 is 10.1 Å². The molecule has 0 bridgehead atoms. The monoisotopic (exact) mass is 389 g/mol. The summed E-state index contributed by atoms with van der Waals surface area (Å²) in [6, 6.07) is 21.2. The molecule has 0 radical (unpaired) electrons. The molecule has 4 rings (SSSR count). The number of hydrogen-bond donors (Lipinski definition) is 1. The van der Waals surface area contributed by atoms with E-state index in [0.717, 1.165) is 22.3 Å². The number of benzene rings is 3. The highest BCUT2D eigenvalue weighted by Crippen LogP contribution is 2.21. The summed E-state index contributed by atoms with van der Waals surface area (Å²) in [5.41, 5.74) is 2.63. The Hall–Kier alpha value is -3.67. The molecule has 0 saturated heterocycles. The first-order chi connectivity index (χ1) is 14.1. The summed E-state index contributed by atoms with van der Waals surface area (Å²) in [6.45, 7) is 2.86. The van der Waals surface area contributed by atoms with Gasteiger partial charge in [-0.2, -0.15) is 0 Å². The van der Waals surface area contributed by atoms with Crippen LogP contribution in [0.3, 0.4) is 0 Å². The van der Waals surface area contributed by atoms with Gasteiger partial charge in [0.25, 0.3) is 5.91 Å². The lowest BCUT2D eigenvalue weighted by atomic mass is 10.2. The molecule has 0 unspecified atom stereocenters. The van der Waals surface area contributed by atoms with E-state index in [-0.39, 0.29) is 5.56 Å². The molecule has 0 aliphatic carbocycles. The van der Waals surface area contributed by atoms with E-state index in [9.17, 15) is 9.18 Å². The highest BCUT2D eigenvalue weighted by molar-refractivity contribution is 6.04. The van der Waals surface area contributed by atoms with E-state index in [1.54, 1.807) is 12.1 Å². The molecule has 1 amide bonds. The second kappa shape index (κ2) is 8.14. The van der Waals surface area contributed by atoms with E-state index in [4.69, 9.17) is 4.74 Å². The van der Waals surface area contributed by atoms with Crippen LogP contribution in [-0.4, -0.2) is 22.1 Å². The Morgan fingerprint density at radius 1 is 1.03 bits per heavy atom. The summed E-state index contributed by atoms with van der Waals surface area (Å²) in [6.07, 6.45) is 0. The predicted molar refractivity (Wildman–Crippen MR) is 111 cm³/mol. The van der Waals surface area contributed by atoms with Crippen molar-refractivity contribution < 1.29 is 13.9 Å². The van der Waals surface area contributed by atoms with Crippen LogP contribution in [0.1, 0.15) is 15.9 Å². The van der Waals surface area contributed by atoms with Crippen LogP contribution in [0.5, 0.6) is 5.75 Å². The number of nitrogens with one attached hydrogen (secondary N) is 1. The van der Waals surface area contributed by atoms with Gasteiger partial charge in [-0.25, -0.2) is 9.37 Å². The molecule has 0 atom stereocenters. The fourth-order valence-corrected chi connectivity index (χ4v) is 3.18. The van der Waals surface area contributed by atoms with Gasteiger partial charge in [0.05, 0.1) is 23.1 Å². The zero-order chi connectivity index (χ0) is 20.2. The number of carbonyl (C=O) groups is 1. The fourth-order valence-electron chi connectivity index (χ4n) is 3.18. The first-order valence-corrected chi connectivity index (χ1v) is 9.33. The Morgan fingerprint density at radius 2 is 1.76 bits per heavy atom. The first-order valence-electron chi connectivity index (χ1n) is 9.33. The summed E-state index contributed by atoms with van der Waals surface area (Å²) < 4.78 is 21.7. The van der Waals surface area contributed by atoms with Gasteiger partial charge < -0.3 is 9.30 Å². The second-order valence-electron chi connectivity index (χ2n) is 6.62. The number of nitrogens with zero attached hydrogens (tertiary/aromatic N) is 2. The van der Waals surface area contributed by atoms with Gasteiger partial charge in [0, 0.05) is 0 Å². The van der Waals surface area contributed by atoms with Gasteiger partial charge in [0.15, 0.2) is 0 Å². The van der Waals surface area contributed by atoms with Gasteiger partial charge in [-0.05, 0) is 42.8 Å². The Kier molecular flexibility index (Phi) is 5.24. The molecule has 6 heteroatoms. The number of aromatic nitrogens is 2. The van der Waals surface area contributed by atoms with Crippen LogP contribution in [0.25, 0.3) is 11.0 Å². The number of para-hydroxylation sites is 3. The van der Waals surface area contributed by atoms with Gasteiger partial charge in [0.1, 0.15) is 18.2 Å². The molecule has 1 heterocycles. The molecule has 1 N–H and O–H groups in total. The molecule has 0 saturated carbocycles. The highest BCUT2D eigenvalue weighted by Gasteiger charge is 2.16. The van der Waals surface area contributed by atoms with Crippen molar-refractivity contribution in [1.29, 1.82) is 0 Å². The van der Waals surface area contributed by atoms with Gasteiger partial charge >= 0.3 is 0 Å². The maximum atomic E-state index is 14.0. The quantitative estimate of drug-likeness (QED) is 0.515. The van der Waals surface area contributed by atoms with E-state index in [1.165, 1.54) is 12.1 Å². The first kappa shape index (κ1) is 18.7. The molecule has 4 aromatic rings. The molecule has 146 valence electrons. The zero-order valence-corrected chi connectivity index (χ0v) is 15.9. The minimum atomic E-state index is -0.574. The average Bonchev–Trinajstić information content (AvgIpc) is 3.07. The van der Waals surface area contributed by atoms with Crippen LogP contribution >= 0.6 is 0 Å². The minimum Gasteiger partial charge on any atom is -0.491 e. The Labute approximate surface area is 167 Å². The molecule has 0 spiro atoms. The maximum absolute atomic E-state index is 14.0. The standard InChI is InChI=1S/C23H20FN3O2/c1-16-8-2-7-13-21(16)29-15-14-27-20-12-6-5-11-19(20)25-23(27)26-22(28)17-9-3-4-10-18(17)24/h2-13H,14-15H2,1H3,(H,25,26,28). The summed E-state index contributed by atoms with van der Waals surface area (Å²) in [7, 11) is 0. The third-order valence-electron chi connectivity index (χ3n) is 4.66. The summed E-state index contributed by atoms with van der Waals surface area (Å²) in [5.74, 6) is 0.0525. The summed E-state index contributed by atoms with van der Waals surface area (Å²) in [5, 5.41) is 2.73. The van der Waals surface area contributed by atoms with Crippen molar-refractivity contribution in [3.05, 3.63) is 89.7 Å². The minimum absolute atomic E-state index is 0.0257.